The first-order chi connectivity index (χ1) is 12.7. The lowest BCUT2D eigenvalue weighted by Gasteiger charge is -2.28. The fourth-order valence-electron chi connectivity index (χ4n) is 4.83. The Kier molecular flexibility index (Phi) is 5.96. The molecule has 0 N–H and O–H groups in total. The summed E-state index contributed by atoms with van der Waals surface area (Å²) < 4.78 is 25.4. The second-order valence-corrected chi connectivity index (χ2v) is 10.2. The Morgan fingerprint density at radius 1 is 1.19 bits per heavy atom. The van der Waals surface area contributed by atoms with Gasteiger partial charge in [0, 0.05) is 19.2 Å². The van der Waals surface area contributed by atoms with Crippen molar-refractivity contribution in [3.05, 3.63) is 12.2 Å². The smallest absolute Gasteiger partial charge is 0.246 e. The van der Waals surface area contributed by atoms with Gasteiger partial charge in [-0.25, -0.2) is 12.7 Å². The number of carbonyl (C=O) groups excluding carboxylic acids is 2. The van der Waals surface area contributed by atoms with Crippen molar-refractivity contribution in [1.29, 1.82) is 0 Å². The molecule has 3 aliphatic heterocycles. The van der Waals surface area contributed by atoms with Gasteiger partial charge in [-0.05, 0) is 38.3 Å². The molecule has 3 saturated heterocycles. The number of fused-ring (bicyclic) bond motifs is 1. The highest BCUT2D eigenvalue weighted by molar-refractivity contribution is 7.88. The molecule has 8 heteroatoms. The molecule has 3 atom stereocenters. The Morgan fingerprint density at radius 2 is 1.85 bits per heavy atom. The zero-order valence-corrected chi connectivity index (χ0v) is 17.3. The van der Waals surface area contributed by atoms with E-state index in [1.54, 1.807) is 11.0 Å². The van der Waals surface area contributed by atoms with E-state index in [4.69, 9.17) is 0 Å². The van der Waals surface area contributed by atoms with Crippen molar-refractivity contribution < 1.29 is 18.0 Å². The molecule has 0 aromatic heterocycles. The van der Waals surface area contributed by atoms with Crippen LogP contribution in [0.1, 0.15) is 39.5 Å². The summed E-state index contributed by atoms with van der Waals surface area (Å²) in [5, 5.41) is 0. The molecule has 0 radical (unpaired) electrons. The van der Waals surface area contributed by atoms with Crippen molar-refractivity contribution in [1.82, 2.24) is 14.1 Å². The van der Waals surface area contributed by atoms with Crippen molar-refractivity contribution in [3.8, 4) is 0 Å². The predicted octanol–water partition coefficient (Wildman–Crippen LogP) is 1.07. The summed E-state index contributed by atoms with van der Waals surface area (Å²) in [6.07, 6.45) is 8.77. The molecule has 0 unspecified atom stereocenters. The molecule has 0 aliphatic carbocycles. The van der Waals surface area contributed by atoms with E-state index in [9.17, 15) is 18.0 Å². The molecule has 152 valence electrons. The van der Waals surface area contributed by atoms with Crippen LogP contribution in [0.25, 0.3) is 0 Å². The number of carbonyl (C=O) groups is 2. The van der Waals surface area contributed by atoms with Crippen LogP contribution in [-0.4, -0.2) is 78.9 Å². The lowest BCUT2D eigenvalue weighted by molar-refractivity contribution is -0.131. The summed E-state index contributed by atoms with van der Waals surface area (Å²) in [6.45, 7) is 7.22. The van der Waals surface area contributed by atoms with Crippen LogP contribution in [-0.2, 0) is 19.6 Å². The summed E-state index contributed by atoms with van der Waals surface area (Å²) >= 11 is 0. The van der Waals surface area contributed by atoms with Crippen LogP contribution < -0.4 is 0 Å². The highest BCUT2D eigenvalue weighted by Gasteiger charge is 2.58. The minimum absolute atomic E-state index is 0.0255. The first-order valence-corrected chi connectivity index (χ1v) is 11.8. The van der Waals surface area contributed by atoms with E-state index in [0.717, 1.165) is 30.2 Å². The van der Waals surface area contributed by atoms with Gasteiger partial charge in [-0.1, -0.05) is 26.3 Å². The molecule has 0 saturated carbocycles. The van der Waals surface area contributed by atoms with Crippen molar-refractivity contribution in [2.24, 2.45) is 11.8 Å². The summed E-state index contributed by atoms with van der Waals surface area (Å²) in [5.74, 6) is -0.972. The zero-order valence-electron chi connectivity index (χ0n) is 16.5. The van der Waals surface area contributed by atoms with Crippen molar-refractivity contribution in [2.45, 2.75) is 51.6 Å². The minimum Gasteiger partial charge on any atom is -0.333 e. The zero-order chi connectivity index (χ0) is 19.8. The van der Waals surface area contributed by atoms with E-state index in [2.05, 4.69) is 4.90 Å². The lowest BCUT2D eigenvalue weighted by atomic mass is 9.88. The lowest BCUT2D eigenvalue weighted by Crippen LogP contribution is -2.43. The monoisotopic (exact) mass is 397 g/mol. The minimum atomic E-state index is -3.63. The second-order valence-electron chi connectivity index (χ2n) is 8.31. The molecule has 0 bridgehead atoms. The van der Waals surface area contributed by atoms with Gasteiger partial charge in [-0.3, -0.25) is 14.5 Å². The molecule has 2 amide bonds. The number of hydrogen-bond donors (Lipinski definition) is 0. The number of likely N-dealkylation sites (tertiary alicyclic amines) is 2. The summed E-state index contributed by atoms with van der Waals surface area (Å²) in [6, 6.07) is -0.793. The number of sulfonamides is 1. The summed E-state index contributed by atoms with van der Waals surface area (Å²) in [7, 11) is -3.63. The average Bonchev–Trinajstić information content (AvgIpc) is 3.11. The molecular weight excluding hydrogens is 366 g/mol. The van der Waals surface area contributed by atoms with Crippen molar-refractivity contribution in [3.63, 3.8) is 0 Å². The third-order valence-corrected chi connectivity index (χ3v) is 7.19. The highest BCUT2D eigenvalue weighted by atomic mass is 32.2. The van der Waals surface area contributed by atoms with Gasteiger partial charge in [-0.2, -0.15) is 0 Å². The molecule has 3 fully saturated rings. The molecule has 27 heavy (non-hydrogen) atoms. The molecular formula is C19H31N3O4S. The maximum absolute atomic E-state index is 12.8. The fourth-order valence-corrected chi connectivity index (χ4v) is 6.00. The van der Waals surface area contributed by atoms with E-state index in [0.29, 0.717) is 13.0 Å². The first kappa shape index (κ1) is 20.3. The van der Waals surface area contributed by atoms with Gasteiger partial charge in [-0.15, -0.1) is 0 Å². The quantitative estimate of drug-likeness (QED) is 0.649. The van der Waals surface area contributed by atoms with E-state index in [1.807, 2.05) is 19.9 Å². The van der Waals surface area contributed by atoms with Crippen LogP contribution in [0.15, 0.2) is 12.2 Å². The third-order valence-electron chi connectivity index (χ3n) is 6.02. The Labute approximate surface area is 162 Å². The van der Waals surface area contributed by atoms with Crippen LogP contribution in [0, 0.1) is 11.8 Å². The number of hydrogen-bond acceptors (Lipinski definition) is 5. The largest absolute Gasteiger partial charge is 0.333 e. The average molecular weight is 398 g/mol. The van der Waals surface area contributed by atoms with Gasteiger partial charge in [0.05, 0.1) is 24.3 Å². The van der Waals surface area contributed by atoms with E-state index in [1.165, 1.54) is 19.3 Å². The van der Waals surface area contributed by atoms with Crippen molar-refractivity contribution >= 4 is 21.8 Å². The van der Waals surface area contributed by atoms with Gasteiger partial charge in [0.25, 0.3) is 0 Å². The maximum atomic E-state index is 12.8. The van der Waals surface area contributed by atoms with Crippen LogP contribution in [0.3, 0.4) is 0 Å². The van der Waals surface area contributed by atoms with Crippen LogP contribution in [0.4, 0.5) is 0 Å². The Balaban J connectivity index is 1.73. The molecule has 0 spiro atoms. The number of nitrogens with zero attached hydrogens (tertiary/aromatic N) is 3. The Morgan fingerprint density at radius 3 is 2.44 bits per heavy atom. The van der Waals surface area contributed by atoms with Crippen LogP contribution in [0.5, 0.6) is 0 Å². The molecule has 3 rings (SSSR count). The number of piperidine rings is 1. The van der Waals surface area contributed by atoms with E-state index < -0.39 is 22.0 Å². The maximum Gasteiger partial charge on any atom is 0.246 e. The second kappa shape index (κ2) is 7.91. The molecule has 3 heterocycles. The number of amides is 2. The van der Waals surface area contributed by atoms with Crippen LogP contribution >= 0.6 is 0 Å². The number of rotatable bonds is 5. The van der Waals surface area contributed by atoms with Gasteiger partial charge in [0.15, 0.2) is 0 Å². The fraction of sp³-hybridized carbons (Fsp3) is 0.789. The summed E-state index contributed by atoms with van der Waals surface area (Å²) in [5.41, 5.74) is 0. The van der Waals surface area contributed by atoms with E-state index in [-0.39, 0.29) is 23.8 Å². The topological polar surface area (TPSA) is 78.0 Å². The van der Waals surface area contributed by atoms with Gasteiger partial charge >= 0.3 is 0 Å². The third kappa shape index (κ3) is 4.06. The molecule has 7 nitrogen and oxygen atoms in total. The van der Waals surface area contributed by atoms with Crippen LogP contribution in [0.2, 0.25) is 0 Å². The first-order valence-electron chi connectivity index (χ1n) is 9.94. The summed E-state index contributed by atoms with van der Waals surface area (Å²) in [4.78, 5) is 29.6. The van der Waals surface area contributed by atoms with Crippen molar-refractivity contribution in [2.75, 3.05) is 32.4 Å². The normalized spacial score (nSPS) is 29.9. The predicted molar refractivity (Wildman–Crippen MR) is 103 cm³/mol. The molecule has 0 aromatic rings. The Bertz CT molecular complexity index is 712. The van der Waals surface area contributed by atoms with Gasteiger partial charge in [0.1, 0.15) is 0 Å². The van der Waals surface area contributed by atoms with Gasteiger partial charge in [0.2, 0.25) is 21.8 Å². The van der Waals surface area contributed by atoms with E-state index >= 15 is 0 Å². The molecule has 0 aromatic carbocycles. The SMILES string of the molecule is CC(C)[C@@H]1C(=O)N(S(C)(=O)=O)[C@@H]2CCN(C(=O)C=CCN3CCCCC3)[C@H]21. The highest BCUT2D eigenvalue weighted by Crippen LogP contribution is 2.41. The van der Waals surface area contributed by atoms with Gasteiger partial charge < -0.3 is 4.90 Å². The Hall–Kier alpha value is -1.41. The standard InChI is InChI=1S/C19H31N3O4S/c1-14(2)17-18-15(22(19(17)24)27(3,25)26)9-13-21(18)16(23)8-7-12-20-10-5-4-6-11-20/h7-8,14-15,17-18H,4-6,9-13H2,1-3H3/t15-,17+,18-/m1/s1. The molecule has 3 aliphatic rings.